The predicted molar refractivity (Wildman–Crippen MR) is 94.9 cm³/mol. The Kier molecular flexibility index (Phi) is 8.54. The minimum absolute atomic E-state index is 0. The highest BCUT2D eigenvalue weighted by Gasteiger charge is 2.19. The highest BCUT2D eigenvalue weighted by molar-refractivity contribution is 9.10. The first-order chi connectivity index (χ1) is 10.0. The summed E-state index contributed by atoms with van der Waals surface area (Å²) in [6, 6.07) is 5.87. The van der Waals surface area contributed by atoms with Crippen LogP contribution < -0.4 is 15.8 Å². The van der Waals surface area contributed by atoms with Gasteiger partial charge in [-0.05, 0) is 59.8 Å². The molecule has 1 fully saturated rings. The number of carbonyl (C=O) groups excluding carboxylic acids is 1. The maximum Gasteiger partial charge on any atom is 0.223 e. The van der Waals surface area contributed by atoms with Crippen LogP contribution >= 0.6 is 39.9 Å². The van der Waals surface area contributed by atoms with Crippen molar-refractivity contribution in [2.75, 3.05) is 6.61 Å². The molecule has 0 spiro atoms. The maximum atomic E-state index is 11.9. The lowest BCUT2D eigenvalue weighted by atomic mass is 9.92. The van der Waals surface area contributed by atoms with Crippen LogP contribution in [-0.4, -0.2) is 24.6 Å². The summed E-state index contributed by atoms with van der Waals surface area (Å²) in [6.45, 7) is 0.346. The van der Waals surface area contributed by atoms with E-state index in [1.807, 2.05) is 0 Å². The molecule has 4 nitrogen and oxygen atoms in total. The van der Waals surface area contributed by atoms with E-state index < -0.39 is 0 Å². The second kappa shape index (κ2) is 9.60. The first-order valence-corrected chi connectivity index (χ1v) is 8.34. The zero-order valence-electron chi connectivity index (χ0n) is 12.2. The molecule has 0 saturated heterocycles. The Bertz CT molecular complexity index is 494. The molecule has 0 unspecified atom stereocenters. The van der Waals surface area contributed by atoms with Crippen LogP contribution in [0, 0.1) is 0 Å². The van der Waals surface area contributed by atoms with Crippen LogP contribution in [0.2, 0.25) is 5.02 Å². The molecule has 124 valence electrons. The third kappa shape index (κ3) is 6.32. The van der Waals surface area contributed by atoms with E-state index in [2.05, 4.69) is 21.2 Å². The van der Waals surface area contributed by atoms with E-state index >= 15 is 0 Å². The van der Waals surface area contributed by atoms with Crippen molar-refractivity contribution in [1.82, 2.24) is 5.32 Å². The smallest absolute Gasteiger partial charge is 0.223 e. The van der Waals surface area contributed by atoms with Gasteiger partial charge in [-0.3, -0.25) is 4.79 Å². The summed E-state index contributed by atoms with van der Waals surface area (Å²) in [5.74, 6) is 0.719. The molecule has 1 aliphatic rings. The van der Waals surface area contributed by atoms with E-state index in [4.69, 9.17) is 22.1 Å². The minimum atomic E-state index is 0. The minimum Gasteiger partial charge on any atom is -0.492 e. The SMILES string of the molecule is Cl.NC1CCC(NC(=O)CCOc2ccc(Cl)cc2Br)CC1. The van der Waals surface area contributed by atoms with Gasteiger partial charge in [0.2, 0.25) is 5.91 Å². The Morgan fingerprint density at radius 2 is 2.05 bits per heavy atom. The molecule has 2 rings (SSSR count). The van der Waals surface area contributed by atoms with Crippen LogP contribution in [-0.2, 0) is 4.79 Å². The van der Waals surface area contributed by atoms with E-state index in [-0.39, 0.29) is 24.4 Å². The van der Waals surface area contributed by atoms with E-state index in [1.165, 1.54) is 0 Å². The fourth-order valence-electron chi connectivity index (χ4n) is 2.41. The normalized spacial score (nSPS) is 20.9. The molecule has 0 aromatic heterocycles. The highest BCUT2D eigenvalue weighted by Crippen LogP contribution is 2.28. The number of benzene rings is 1. The van der Waals surface area contributed by atoms with Crippen molar-refractivity contribution < 1.29 is 9.53 Å². The molecule has 1 saturated carbocycles. The quantitative estimate of drug-likeness (QED) is 0.776. The summed E-state index contributed by atoms with van der Waals surface area (Å²) < 4.78 is 6.37. The molecule has 1 amide bonds. The number of nitrogens with one attached hydrogen (secondary N) is 1. The number of halogens is 3. The van der Waals surface area contributed by atoms with Gasteiger partial charge < -0.3 is 15.8 Å². The first kappa shape index (κ1) is 19.6. The molecule has 0 bridgehead atoms. The Labute approximate surface area is 150 Å². The van der Waals surface area contributed by atoms with Gasteiger partial charge in [0, 0.05) is 17.1 Å². The third-order valence-electron chi connectivity index (χ3n) is 3.62. The number of amides is 1. The third-order valence-corrected chi connectivity index (χ3v) is 4.47. The Hall–Kier alpha value is -0.490. The molecule has 3 N–H and O–H groups in total. The van der Waals surface area contributed by atoms with Crippen molar-refractivity contribution in [2.45, 2.75) is 44.2 Å². The number of nitrogens with two attached hydrogens (primary N) is 1. The molecule has 22 heavy (non-hydrogen) atoms. The van der Waals surface area contributed by atoms with Gasteiger partial charge in [-0.15, -0.1) is 12.4 Å². The van der Waals surface area contributed by atoms with Gasteiger partial charge in [-0.2, -0.15) is 0 Å². The fourth-order valence-corrected chi connectivity index (χ4v) is 3.21. The Balaban J connectivity index is 0.00000242. The Morgan fingerprint density at radius 3 is 2.68 bits per heavy atom. The predicted octanol–water partition coefficient (Wildman–Crippen LogP) is 3.68. The van der Waals surface area contributed by atoms with Crippen LogP contribution in [0.25, 0.3) is 0 Å². The first-order valence-electron chi connectivity index (χ1n) is 7.17. The van der Waals surface area contributed by atoms with Gasteiger partial charge in [-0.1, -0.05) is 11.6 Å². The zero-order chi connectivity index (χ0) is 15.2. The van der Waals surface area contributed by atoms with Gasteiger partial charge in [-0.25, -0.2) is 0 Å². The van der Waals surface area contributed by atoms with Crippen LogP contribution in [0.1, 0.15) is 32.1 Å². The van der Waals surface area contributed by atoms with Crippen LogP contribution in [0.4, 0.5) is 0 Å². The summed E-state index contributed by atoms with van der Waals surface area (Å²) in [4.78, 5) is 11.9. The van der Waals surface area contributed by atoms with E-state index in [0.29, 0.717) is 29.8 Å². The molecule has 1 aromatic rings. The summed E-state index contributed by atoms with van der Waals surface area (Å²) >= 11 is 9.24. The zero-order valence-corrected chi connectivity index (χ0v) is 15.3. The average Bonchev–Trinajstić information content (AvgIpc) is 2.44. The molecule has 0 aliphatic heterocycles. The van der Waals surface area contributed by atoms with Crippen molar-refractivity contribution in [3.63, 3.8) is 0 Å². The standard InChI is InChI=1S/C15H20BrClN2O2.ClH/c16-13-9-10(17)1-6-14(13)21-8-7-15(20)19-12-4-2-11(18)3-5-12;/h1,6,9,11-12H,2-5,7-8,18H2,(H,19,20);1H. The summed E-state index contributed by atoms with van der Waals surface area (Å²) in [7, 11) is 0. The van der Waals surface area contributed by atoms with Crippen molar-refractivity contribution in [3.8, 4) is 5.75 Å². The second-order valence-electron chi connectivity index (χ2n) is 5.35. The molecule has 7 heteroatoms. The molecule has 0 radical (unpaired) electrons. The van der Waals surface area contributed by atoms with Gasteiger partial charge in [0.15, 0.2) is 0 Å². The number of hydrogen-bond donors (Lipinski definition) is 2. The van der Waals surface area contributed by atoms with E-state index in [0.717, 1.165) is 30.2 Å². The van der Waals surface area contributed by atoms with Gasteiger partial charge in [0.1, 0.15) is 5.75 Å². The summed E-state index contributed by atoms with van der Waals surface area (Å²) in [5.41, 5.74) is 5.85. The number of ether oxygens (including phenoxy) is 1. The molecule has 1 aliphatic carbocycles. The van der Waals surface area contributed by atoms with Crippen molar-refractivity contribution in [2.24, 2.45) is 5.73 Å². The summed E-state index contributed by atoms with van der Waals surface area (Å²) in [6.07, 6.45) is 4.25. The number of rotatable bonds is 5. The van der Waals surface area contributed by atoms with Crippen molar-refractivity contribution in [3.05, 3.63) is 27.7 Å². The van der Waals surface area contributed by atoms with E-state index in [9.17, 15) is 4.79 Å². The van der Waals surface area contributed by atoms with Gasteiger partial charge in [0.05, 0.1) is 17.5 Å². The lowest BCUT2D eigenvalue weighted by molar-refractivity contribution is -0.122. The van der Waals surface area contributed by atoms with E-state index in [1.54, 1.807) is 18.2 Å². The largest absolute Gasteiger partial charge is 0.492 e. The van der Waals surface area contributed by atoms with Crippen LogP contribution in [0.15, 0.2) is 22.7 Å². The highest BCUT2D eigenvalue weighted by atomic mass is 79.9. The Morgan fingerprint density at radius 1 is 1.36 bits per heavy atom. The second-order valence-corrected chi connectivity index (χ2v) is 6.64. The topological polar surface area (TPSA) is 64.3 Å². The molecule has 1 aromatic carbocycles. The van der Waals surface area contributed by atoms with Gasteiger partial charge in [0.25, 0.3) is 0 Å². The maximum absolute atomic E-state index is 11.9. The fraction of sp³-hybridized carbons (Fsp3) is 0.533. The number of carbonyl (C=O) groups is 1. The monoisotopic (exact) mass is 410 g/mol. The molecular weight excluding hydrogens is 391 g/mol. The van der Waals surface area contributed by atoms with Gasteiger partial charge >= 0.3 is 0 Å². The molecule has 0 heterocycles. The lowest BCUT2D eigenvalue weighted by Crippen LogP contribution is -2.40. The number of hydrogen-bond acceptors (Lipinski definition) is 3. The molecule has 0 atom stereocenters. The lowest BCUT2D eigenvalue weighted by Gasteiger charge is -2.26. The molecular formula is C15H21BrCl2N2O2. The van der Waals surface area contributed by atoms with Crippen LogP contribution in [0.3, 0.4) is 0 Å². The van der Waals surface area contributed by atoms with Crippen molar-refractivity contribution >= 4 is 45.8 Å². The summed E-state index contributed by atoms with van der Waals surface area (Å²) in [5, 5.41) is 3.68. The van der Waals surface area contributed by atoms with Crippen molar-refractivity contribution in [1.29, 1.82) is 0 Å². The average molecular weight is 412 g/mol. The van der Waals surface area contributed by atoms with Crippen LogP contribution in [0.5, 0.6) is 5.75 Å².